The first-order valence-corrected chi connectivity index (χ1v) is 10.0. The standard InChI is InChI=1S/C24H22FN3O4/c1-14-5-7-16(13-18(14)25)24(9-11-32-20-4-3-10-27-21(20)24)28-22(29)15-6-8-17(19(26)12-15)23(30)31-2/h3-8,10,12-13H,9,11,26H2,1-2H3,(H,28,29)/t24-/m0/s1. The first kappa shape index (κ1) is 21.3. The van der Waals surface area contributed by atoms with Crippen LogP contribution in [0.1, 0.15) is 44.0 Å². The summed E-state index contributed by atoms with van der Waals surface area (Å²) in [6.07, 6.45) is 1.95. The Morgan fingerprint density at radius 3 is 2.75 bits per heavy atom. The molecule has 1 aliphatic heterocycles. The third-order valence-corrected chi connectivity index (χ3v) is 5.62. The van der Waals surface area contributed by atoms with E-state index in [0.29, 0.717) is 35.6 Å². The number of pyridine rings is 1. The van der Waals surface area contributed by atoms with Gasteiger partial charge in [0.15, 0.2) is 0 Å². The number of hydrogen-bond acceptors (Lipinski definition) is 6. The largest absolute Gasteiger partial charge is 0.491 e. The number of anilines is 1. The minimum absolute atomic E-state index is 0.116. The first-order chi connectivity index (χ1) is 15.4. The van der Waals surface area contributed by atoms with E-state index in [1.165, 1.54) is 31.4 Å². The van der Waals surface area contributed by atoms with Gasteiger partial charge in [-0.05, 0) is 54.4 Å². The van der Waals surface area contributed by atoms with Crippen molar-refractivity contribution < 1.29 is 23.5 Å². The number of nitrogens with one attached hydrogen (secondary N) is 1. The Morgan fingerprint density at radius 1 is 1.22 bits per heavy atom. The lowest BCUT2D eigenvalue weighted by atomic mass is 9.80. The van der Waals surface area contributed by atoms with E-state index in [1.807, 2.05) is 0 Å². The number of methoxy groups -OCH3 is 1. The van der Waals surface area contributed by atoms with E-state index in [0.717, 1.165) is 0 Å². The molecule has 2 aromatic carbocycles. The second-order valence-electron chi connectivity index (χ2n) is 7.57. The Labute approximate surface area is 184 Å². The van der Waals surface area contributed by atoms with Crippen LogP contribution in [0.15, 0.2) is 54.7 Å². The topological polar surface area (TPSA) is 104 Å². The van der Waals surface area contributed by atoms with E-state index < -0.39 is 17.4 Å². The van der Waals surface area contributed by atoms with Crippen molar-refractivity contribution in [1.29, 1.82) is 0 Å². The number of aryl methyl sites for hydroxylation is 1. The predicted octanol–water partition coefficient (Wildman–Crippen LogP) is 3.35. The van der Waals surface area contributed by atoms with Gasteiger partial charge in [-0.15, -0.1) is 0 Å². The number of carbonyl (C=O) groups excluding carboxylic acids is 2. The van der Waals surface area contributed by atoms with Crippen molar-refractivity contribution in [2.45, 2.75) is 18.9 Å². The van der Waals surface area contributed by atoms with Gasteiger partial charge in [-0.25, -0.2) is 9.18 Å². The third-order valence-electron chi connectivity index (χ3n) is 5.62. The summed E-state index contributed by atoms with van der Waals surface area (Å²) in [6.45, 7) is 1.98. The van der Waals surface area contributed by atoms with Crippen LogP contribution in [-0.4, -0.2) is 30.6 Å². The number of rotatable bonds is 4. The van der Waals surface area contributed by atoms with Crippen molar-refractivity contribution in [3.05, 3.63) is 88.5 Å². The maximum Gasteiger partial charge on any atom is 0.339 e. The minimum atomic E-state index is -1.11. The molecule has 0 bridgehead atoms. The molecular formula is C24H22FN3O4. The van der Waals surface area contributed by atoms with E-state index in [-0.39, 0.29) is 22.6 Å². The van der Waals surface area contributed by atoms with Crippen LogP contribution in [0.2, 0.25) is 0 Å². The number of esters is 1. The van der Waals surface area contributed by atoms with Gasteiger partial charge in [-0.1, -0.05) is 12.1 Å². The molecule has 1 atom stereocenters. The Morgan fingerprint density at radius 2 is 2.03 bits per heavy atom. The second-order valence-corrected chi connectivity index (χ2v) is 7.57. The molecule has 0 saturated carbocycles. The summed E-state index contributed by atoms with van der Waals surface area (Å²) in [6, 6.07) is 12.7. The summed E-state index contributed by atoms with van der Waals surface area (Å²) in [5.74, 6) is -0.913. The van der Waals surface area contributed by atoms with Crippen LogP contribution in [-0.2, 0) is 10.3 Å². The smallest absolute Gasteiger partial charge is 0.339 e. The van der Waals surface area contributed by atoms with E-state index >= 15 is 0 Å². The van der Waals surface area contributed by atoms with E-state index in [9.17, 15) is 14.0 Å². The van der Waals surface area contributed by atoms with Crippen LogP contribution in [0.3, 0.4) is 0 Å². The van der Waals surface area contributed by atoms with Crippen molar-refractivity contribution in [2.24, 2.45) is 0 Å². The van der Waals surface area contributed by atoms with Crippen LogP contribution in [0.4, 0.5) is 10.1 Å². The monoisotopic (exact) mass is 435 g/mol. The van der Waals surface area contributed by atoms with Gasteiger partial charge in [-0.3, -0.25) is 9.78 Å². The van der Waals surface area contributed by atoms with Gasteiger partial charge in [0.05, 0.1) is 19.3 Å². The molecule has 164 valence electrons. The molecule has 8 heteroatoms. The Hall–Kier alpha value is -3.94. The molecule has 32 heavy (non-hydrogen) atoms. The summed E-state index contributed by atoms with van der Waals surface area (Å²) in [5.41, 5.74) is 6.91. The quantitative estimate of drug-likeness (QED) is 0.481. The molecule has 4 rings (SSSR count). The lowest BCUT2D eigenvalue weighted by molar-refractivity contribution is 0.0601. The number of amides is 1. The zero-order valence-corrected chi connectivity index (χ0v) is 17.6. The number of halogens is 1. The number of fused-ring (bicyclic) bond motifs is 1. The molecule has 0 spiro atoms. The van der Waals surface area contributed by atoms with Crippen molar-refractivity contribution in [1.82, 2.24) is 10.3 Å². The van der Waals surface area contributed by atoms with Crippen molar-refractivity contribution in [2.75, 3.05) is 19.5 Å². The molecule has 2 heterocycles. The SMILES string of the molecule is COC(=O)c1ccc(C(=O)N[C@]2(c3ccc(C)c(F)c3)CCOc3cccnc32)cc1N. The van der Waals surface area contributed by atoms with E-state index in [1.54, 1.807) is 37.4 Å². The zero-order valence-electron chi connectivity index (χ0n) is 17.6. The molecular weight excluding hydrogens is 413 g/mol. The number of hydrogen-bond donors (Lipinski definition) is 2. The van der Waals surface area contributed by atoms with Crippen molar-refractivity contribution in [3.8, 4) is 5.75 Å². The van der Waals surface area contributed by atoms with Crippen LogP contribution >= 0.6 is 0 Å². The Kier molecular flexibility index (Phi) is 5.52. The van der Waals surface area contributed by atoms with Gasteiger partial charge in [-0.2, -0.15) is 0 Å². The fourth-order valence-electron chi connectivity index (χ4n) is 3.86. The molecule has 0 saturated heterocycles. The highest BCUT2D eigenvalue weighted by molar-refractivity contribution is 6.00. The molecule has 0 aliphatic carbocycles. The number of benzene rings is 2. The molecule has 0 unspecified atom stereocenters. The van der Waals surface area contributed by atoms with Gasteiger partial charge < -0.3 is 20.5 Å². The molecule has 0 fully saturated rings. The van der Waals surface area contributed by atoms with Gasteiger partial charge in [0.25, 0.3) is 5.91 Å². The van der Waals surface area contributed by atoms with Crippen LogP contribution in [0.5, 0.6) is 5.75 Å². The summed E-state index contributed by atoms with van der Waals surface area (Å²) in [5, 5.41) is 3.04. The highest BCUT2D eigenvalue weighted by Crippen LogP contribution is 2.41. The normalized spacial score (nSPS) is 17.1. The maximum atomic E-state index is 14.5. The Bertz CT molecular complexity index is 1210. The number of ether oxygens (including phenoxy) is 2. The minimum Gasteiger partial charge on any atom is -0.491 e. The summed E-state index contributed by atoms with van der Waals surface area (Å²) in [4.78, 5) is 29.6. The number of nitrogen functional groups attached to an aromatic ring is 1. The van der Waals surface area contributed by atoms with Gasteiger partial charge in [0, 0.05) is 23.9 Å². The summed E-state index contributed by atoms with van der Waals surface area (Å²) >= 11 is 0. The average Bonchev–Trinajstić information content (AvgIpc) is 2.80. The zero-order chi connectivity index (χ0) is 22.9. The summed E-state index contributed by atoms with van der Waals surface area (Å²) in [7, 11) is 1.25. The van der Waals surface area contributed by atoms with E-state index in [4.69, 9.17) is 15.2 Å². The van der Waals surface area contributed by atoms with E-state index in [2.05, 4.69) is 10.3 Å². The maximum absolute atomic E-state index is 14.5. The third kappa shape index (κ3) is 3.64. The molecule has 0 radical (unpaired) electrons. The number of nitrogens with zero attached hydrogens (tertiary/aromatic N) is 1. The molecule has 3 aromatic rings. The van der Waals surface area contributed by atoms with Gasteiger partial charge in [0.1, 0.15) is 22.8 Å². The predicted molar refractivity (Wildman–Crippen MR) is 116 cm³/mol. The van der Waals surface area contributed by atoms with Crippen molar-refractivity contribution >= 4 is 17.6 Å². The van der Waals surface area contributed by atoms with Crippen molar-refractivity contribution in [3.63, 3.8) is 0 Å². The highest BCUT2D eigenvalue weighted by Gasteiger charge is 2.43. The molecule has 1 aliphatic rings. The molecule has 1 aromatic heterocycles. The molecule has 1 amide bonds. The average molecular weight is 435 g/mol. The first-order valence-electron chi connectivity index (χ1n) is 10.0. The lowest BCUT2D eigenvalue weighted by Crippen LogP contribution is -2.50. The summed E-state index contributed by atoms with van der Waals surface area (Å²) < 4.78 is 25.0. The molecule has 3 N–H and O–H groups in total. The van der Waals surface area contributed by atoms with Crippen LogP contribution in [0, 0.1) is 12.7 Å². The Balaban J connectivity index is 1.79. The van der Waals surface area contributed by atoms with Crippen LogP contribution < -0.4 is 15.8 Å². The number of aromatic nitrogens is 1. The second kappa shape index (κ2) is 8.30. The highest BCUT2D eigenvalue weighted by atomic mass is 19.1. The van der Waals surface area contributed by atoms with Crippen LogP contribution in [0.25, 0.3) is 0 Å². The molecule has 7 nitrogen and oxygen atoms in total. The number of carbonyl (C=O) groups is 2. The fraction of sp³-hybridized carbons (Fsp3) is 0.208. The number of nitrogens with two attached hydrogens (primary N) is 1. The van der Waals surface area contributed by atoms with Gasteiger partial charge in [0.2, 0.25) is 0 Å². The van der Waals surface area contributed by atoms with Gasteiger partial charge >= 0.3 is 5.97 Å². The lowest BCUT2D eigenvalue weighted by Gasteiger charge is -2.39. The fourth-order valence-corrected chi connectivity index (χ4v) is 3.86.